The fourth-order valence-corrected chi connectivity index (χ4v) is 8.04. The Hall–Kier alpha value is -2.85. The summed E-state index contributed by atoms with van der Waals surface area (Å²) in [6.07, 6.45) is 6.42. The second-order valence-electron chi connectivity index (χ2n) is 11.1. The number of rotatable bonds is 8. The van der Waals surface area contributed by atoms with Gasteiger partial charge in [-0.15, -0.1) is 11.3 Å². The Kier molecular flexibility index (Phi) is 7.65. The van der Waals surface area contributed by atoms with E-state index in [9.17, 15) is 17.2 Å². The molecule has 1 aliphatic carbocycles. The van der Waals surface area contributed by atoms with Gasteiger partial charge in [-0.2, -0.15) is 0 Å². The standard InChI is InChI=1S/C32H33F2NO4S2/c1-19-28-25(33)14-15-26(34)31(28)40-30(19)29-32(39-29)35(23-7-5-4-6-8-23)18-22-17-21(11-16-27(22)38-2)20-9-12-24(13-10-20)41(3,36)37/h9-17,23,29,32H,4-8,18H2,1-3H3. The first kappa shape index (κ1) is 28.3. The molecule has 9 heteroatoms. The minimum atomic E-state index is -3.28. The van der Waals surface area contributed by atoms with Crippen LogP contribution in [0.25, 0.3) is 21.2 Å². The van der Waals surface area contributed by atoms with Crippen molar-refractivity contribution in [2.75, 3.05) is 13.4 Å². The van der Waals surface area contributed by atoms with E-state index in [0.717, 1.165) is 58.6 Å². The molecule has 2 aliphatic rings. The number of methoxy groups -OCH3 is 1. The first-order chi connectivity index (χ1) is 19.7. The molecule has 6 rings (SSSR count). The fraction of sp³-hybridized carbons (Fsp3) is 0.375. The summed E-state index contributed by atoms with van der Waals surface area (Å²) < 4.78 is 65.5. The molecule has 0 spiro atoms. The van der Waals surface area contributed by atoms with Gasteiger partial charge >= 0.3 is 0 Å². The minimum absolute atomic E-state index is 0.196. The average molecular weight is 598 g/mol. The van der Waals surface area contributed by atoms with E-state index in [1.165, 1.54) is 36.1 Å². The molecule has 5 nitrogen and oxygen atoms in total. The lowest BCUT2D eigenvalue weighted by molar-refractivity contribution is 0.0883. The third kappa shape index (κ3) is 5.52. The molecule has 0 N–H and O–H groups in total. The van der Waals surface area contributed by atoms with Crippen molar-refractivity contribution in [3.05, 3.63) is 82.2 Å². The molecule has 2 atom stereocenters. The molecule has 1 aliphatic heterocycles. The molecule has 1 saturated heterocycles. The number of fused-ring (bicyclic) bond motifs is 1. The zero-order valence-electron chi connectivity index (χ0n) is 23.3. The van der Waals surface area contributed by atoms with Crippen LogP contribution >= 0.6 is 11.3 Å². The first-order valence-electron chi connectivity index (χ1n) is 13.9. The highest BCUT2D eigenvalue weighted by molar-refractivity contribution is 7.90. The van der Waals surface area contributed by atoms with Crippen LogP contribution in [0.4, 0.5) is 8.78 Å². The van der Waals surface area contributed by atoms with Crippen LogP contribution in [0.2, 0.25) is 0 Å². The van der Waals surface area contributed by atoms with Crippen molar-refractivity contribution < 1.29 is 26.7 Å². The number of epoxide rings is 1. The Morgan fingerprint density at radius 1 is 0.976 bits per heavy atom. The van der Waals surface area contributed by atoms with Crippen molar-refractivity contribution in [1.29, 1.82) is 0 Å². The molecular weight excluding hydrogens is 564 g/mol. The summed E-state index contributed by atoms with van der Waals surface area (Å²) in [7, 11) is -1.62. The van der Waals surface area contributed by atoms with Gasteiger partial charge in [0.25, 0.3) is 0 Å². The Morgan fingerprint density at radius 3 is 2.32 bits per heavy atom. The third-order valence-electron chi connectivity index (χ3n) is 8.36. The lowest BCUT2D eigenvalue weighted by Gasteiger charge is -2.34. The van der Waals surface area contributed by atoms with Crippen LogP contribution in [0.5, 0.6) is 5.75 Å². The summed E-state index contributed by atoms with van der Waals surface area (Å²) in [5.74, 6) is -0.0521. The highest BCUT2D eigenvalue weighted by Crippen LogP contribution is 2.50. The highest BCUT2D eigenvalue weighted by Gasteiger charge is 2.49. The molecule has 0 radical (unpaired) electrons. The van der Waals surface area contributed by atoms with Crippen LogP contribution in [0.1, 0.15) is 54.2 Å². The smallest absolute Gasteiger partial charge is 0.175 e. The van der Waals surface area contributed by atoms with Crippen molar-refractivity contribution in [3.8, 4) is 16.9 Å². The van der Waals surface area contributed by atoms with Crippen LogP contribution in [0.15, 0.2) is 59.5 Å². The van der Waals surface area contributed by atoms with Crippen LogP contribution < -0.4 is 4.74 Å². The van der Waals surface area contributed by atoms with E-state index in [-0.39, 0.29) is 17.2 Å². The SMILES string of the molecule is COc1ccc(-c2ccc(S(C)(=O)=O)cc2)cc1CN(C1CCCCC1)C1OC1c1sc2c(F)ccc(F)c2c1C. The number of ether oxygens (including phenoxy) is 2. The van der Waals surface area contributed by atoms with Crippen molar-refractivity contribution in [1.82, 2.24) is 4.90 Å². The summed E-state index contributed by atoms with van der Waals surface area (Å²) in [4.78, 5) is 3.56. The lowest BCUT2D eigenvalue weighted by atomic mass is 9.93. The van der Waals surface area contributed by atoms with E-state index < -0.39 is 21.5 Å². The molecule has 2 unspecified atom stereocenters. The maximum atomic E-state index is 14.6. The van der Waals surface area contributed by atoms with E-state index >= 15 is 0 Å². The molecule has 2 fully saturated rings. The molecule has 0 amide bonds. The van der Waals surface area contributed by atoms with E-state index in [0.29, 0.717) is 22.7 Å². The minimum Gasteiger partial charge on any atom is -0.496 e. The summed E-state index contributed by atoms with van der Waals surface area (Å²) >= 11 is 1.29. The van der Waals surface area contributed by atoms with Gasteiger partial charge in [0, 0.05) is 34.7 Å². The predicted octanol–water partition coefficient (Wildman–Crippen LogP) is 7.80. The van der Waals surface area contributed by atoms with E-state index in [1.807, 2.05) is 31.2 Å². The number of sulfone groups is 1. The summed E-state index contributed by atoms with van der Waals surface area (Å²) in [5, 5.41) is 0.347. The van der Waals surface area contributed by atoms with Gasteiger partial charge in [0.1, 0.15) is 29.7 Å². The van der Waals surface area contributed by atoms with Crippen LogP contribution in [0.3, 0.4) is 0 Å². The molecule has 1 saturated carbocycles. The lowest BCUT2D eigenvalue weighted by Crippen LogP contribution is -2.39. The van der Waals surface area contributed by atoms with Gasteiger partial charge in [-0.1, -0.05) is 37.5 Å². The summed E-state index contributed by atoms with van der Waals surface area (Å²) in [6, 6.07) is 15.6. The molecule has 2 heterocycles. The molecular formula is C32H33F2NO4S2. The van der Waals surface area contributed by atoms with Gasteiger partial charge in [0.05, 0.1) is 16.7 Å². The monoisotopic (exact) mass is 597 g/mol. The van der Waals surface area contributed by atoms with E-state index in [2.05, 4.69) is 11.0 Å². The zero-order valence-corrected chi connectivity index (χ0v) is 25.0. The number of thiophene rings is 1. The normalized spacial score (nSPS) is 19.7. The molecule has 3 aromatic carbocycles. The van der Waals surface area contributed by atoms with Crippen molar-refractivity contribution in [2.24, 2.45) is 0 Å². The fourth-order valence-electron chi connectivity index (χ4n) is 6.12. The molecule has 0 bridgehead atoms. The average Bonchev–Trinajstić information content (AvgIpc) is 3.67. The van der Waals surface area contributed by atoms with Crippen molar-refractivity contribution in [2.45, 2.75) is 68.8 Å². The van der Waals surface area contributed by atoms with Crippen LogP contribution in [-0.4, -0.2) is 39.0 Å². The highest BCUT2D eigenvalue weighted by atomic mass is 32.2. The number of benzene rings is 3. The van der Waals surface area contributed by atoms with Crippen LogP contribution in [0, 0.1) is 18.6 Å². The Balaban J connectivity index is 1.32. The molecule has 216 valence electrons. The number of hydrogen-bond donors (Lipinski definition) is 0. The Labute approximate surface area is 243 Å². The van der Waals surface area contributed by atoms with Crippen molar-refractivity contribution in [3.63, 3.8) is 0 Å². The Bertz CT molecular complexity index is 1700. The number of hydrogen-bond acceptors (Lipinski definition) is 6. The van der Waals surface area contributed by atoms with Gasteiger partial charge in [-0.25, -0.2) is 17.2 Å². The maximum absolute atomic E-state index is 14.6. The van der Waals surface area contributed by atoms with Crippen molar-refractivity contribution >= 4 is 31.3 Å². The summed E-state index contributed by atoms with van der Waals surface area (Å²) in [6.45, 7) is 2.44. The molecule has 41 heavy (non-hydrogen) atoms. The van der Waals surface area contributed by atoms with Crippen LogP contribution in [-0.2, 0) is 21.1 Å². The molecule has 4 aromatic rings. The molecule has 1 aromatic heterocycles. The van der Waals surface area contributed by atoms with Gasteiger partial charge < -0.3 is 9.47 Å². The second kappa shape index (κ2) is 11.1. The van der Waals surface area contributed by atoms with E-state index in [4.69, 9.17) is 9.47 Å². The topological polar surface area (TPSA) is 59.1 Å². The Morgan fingerprint density at radius 2 is 1.66 bits per heavy atom. The summed E-state index contributed by atoms with van der Waals surface area (Å²) in [5.41, 5.74) is 3.62. The quantitative estimate of drug-likeness (QED) is 0.194. The number of halogens is 2. The van der Waals surface area contributed by atoms with Gasteiger partial charge in [0.2, 0.25) is 0 Å². The van der Waals surface area contributed by atoms with E-state index in [1.54, 1.807) is 19.2 Å². The second-order valence-corrected chi connectivity index (χ2v) is 14.1. The third-order valence-corrected chi connectivity index (χ3v) is 10.9. The largest absolute Gasteiger partial charge is 0.496 e. The maximum Gasteiger partial charge on any atom is 0.175 e. The zero-order chi connectivity index (χ0) is 28.9. The first-order valence-corrected chi connectivity index (χ1v) is 16.6. The predicted molar refractivity (Wildman–Crippen MR) is 158 cm³/mol. The number of aryl methyl sites for hydroxylation is 1. The number of nitrogens with zero attached hydrogens (tertiary/aromatic N) is 1. The van der Waals surface area contributed by atoms with Gasteiger partial charge in [-0.3, -0.25) is 4.90 Å². The van der Waals surface area contributed by atoms with Gasteiger partial charge in [-0.05, 0) is 72.9 Å². The van der Waals surface area contributed by atoms with Gasteiger partial charge in [0.15, 0.2) is 9.84 Å².